The first-order valence-corrected chi connectivity index (χ1v) is 9.15. The number of hydrogen-bond donors (Lipinski definition) is 0. The Morgan fingerprint density at radius 2 is 1.79 bits per heavy atom. The van der Waals surface area contributed by atoms with Crippen LogP contribution in [0.3, 0.4) is 0 Å². The summed E-state index contributed by atoms with van der Waals surface area (Å²) in [6, 6.07) is 5.02. The maximum absolute atomic E-state index is 13.9. The van der Waals surface area contributed by atoms with Crippen molar-refractivity contribution < 1.29 is 13.9 Å². The van der Waals surface area contributed by atoms with Gasteiger partial charge in [0.2, 0.25) is 5.91 Å². The smallest absolute Gasteiger partial charge is 0.236 e. The van der Waals surface area contributed by atoms with Crippen LogP contribution in [0.1, 0.15) is 5.56 Å². The number of ether oxygens (including phenoxy) is 1. The molecule has 1 aromatic carbocycles. The molecular formula is C17H23BrFN3O2. The standard InChI is InChI=1S/C17H23BrFN3O2/c18-15-1-2-16(19)14(11-15)12-20-3-5-22(6-4-20)17(23)13-21-7-9-24-10-8-21/h1-2,11H,3-10,12-13H2. The number of halogens is 2. The molecule has 2 saturated heterocycles. The number of benzene rings is 1. The van der Waals surface area contributed by atoms with Gasteiger partial charge in [-0.15, -0.1) is 0 Å². The number of hydrogen-bond acceptors (Lipinski definition) is 4. The fourth-order valence-electron chi connectivity index (χ4n) is 3.11. The summed E-state index contributed by atoms with van der Waals surface area (Å²) in [4.78, 5) is 18.7. The predicted octanol–water partition coefficient (Wildman–Crippen LogP) is 1.56. The van der Waals surface area contributed by atoms with Gasteiger partial charge in [-0.25, -0.2) is 4.39 Å². The molecule has 1 amide bonds. The molecule has 3 rings (SSSR count). The van der Waals surface area contributed by atoms with Crippen molar-refractivity contribution in [1.29, 1.82) is 0 Å². The monoisotopic (exact) mass is 399 g/mol. The molecule has 0 saturated carbocycles. The Bertz CT molecular complexity index is 573. The molecule has 0 aromatic heterocycles. The normalized spacial score (nSPS) is 20.3. The van der Waals surface area contributed by atoms with Crippen LogP contribution < -0.4 is 0 Å². The lowest BCUT2D eigenvalue weighted by molar-refractivity contribution is -0.135. The first-order chi connectivity index (χ1) is 11.6. The third-order valence-electron chi connectivity index (χ3n) is 4.59. The van der Waals surface area contributed by atoms with Crippen molar-refractivity contribution in [2.24, 2.45) is 0 Å². The highest BCUT2D eigenvalue weighted by molar-refractivity contribution is 9.10. The third kappa shape index (κ3) is 4.75. The van der Waals surface area contributed by atoms with E-state index in [2.05, 4.69) is 25.7 Å². The van der Waals surface area contributed by atoms with Gasteiger partial charge >= 0.3 is 0 Å². The Kier molecular flexibility index (Phi) is 6.21. The maximum Gasteiger partial charge on any atom is 0.236 e. The van der Waals surface area contributed by atoms with E-state index in [0.717, 1.165) is 30.7 Å². The molecule has 7 heteroatoms. The average molecular weight is 400 g/mol. The Morgan fingerprint density at radius 1 is 1.08 bits per heavy atom. The van der Waals surface area contributed by atoms with Gasteiger partial charge in [0.05, 0.1) is 19.8 Å². The summed E-state index contributed by atoms with van der Waals surface area (Å²) in [5.74, 6) is 0.00853. The molecule has 0 radical (unpaired) electrons. The molecule has 2 fully saturated rings. The van der Waals surface area contributed by atoms with Gasteiger partial charge in [0.15, 0.2) is 0 Å². The van der Waals surface area contributed by atoms with E-state index in [0.29, 0.717) is 45.0 Å². The number of amides is 1. The Labute approximate surface area is 150 Å². The summed E-state index contributed by atoms with van der Waals surface area (Å²) >= 11 is 3.39. The SMILES string of the molecule is O=C(CN1CCOCC1)N1CCN(Cc2cc(Br)ccc2F)CC1. The Balaban J connectivity index is 1.46. The van der Waals surface area contributed by atoms with Crippen molar-refractivity contribution in [3.8, 4) is 0 Å². The van der Waals surface area contributed by atoms with Crippen LogP contribution in [0.25, 0.3) is 0 Å². The zero-order valence-electron chi connectivity index (χ0n) is 13.7. The summed E-state index contributed by atoms with van der Waals surface area (Å²) in [5.41, 5.74) is 0.692. The fourth-order valence-corrected chi connectivity index (χ4v) is 3.52. The Hall–Kier alpha value is -1.02. The van der Waals surface area contributed by atoms with E-state index in [1.165, 1.54) is 6.07 Å². The van der Waals surface area contributed by atoms with Crippen molar-refractivity contribution in [2.75, 3.05) is 59.0 Å². The van der Waals surface area contributed by atoms with E-state index in [1.54, 1.807) is 6.07 Å². The minimum Gasteiger partial charge on any atom is -0.379 e. The molecule has 2 heterocycles. The van der Waals surface area contributed by atoms with Gasteiger partial charge in [-0.3, -0.25) is 14.6 Å². The predicted molar refractivity (Wildman–Crippen MR) is 93.2 cm³/mol. The molecule has 2 aliphatic rings. The van der Waals surface area contributed by atoms with Gasteiger partial charge in [0.25, 0.3) is 0 Å². The number of nitrogens with zero attached hydrogens (tertiary/aromatic N) is 3. The molecule has 0 atom stereocenters. The minimum atomic E-state index is -0.177. The molecule has 0 spiro atoms. The fraction of sp³-hybridized carbons (Fsp3) is 0.588. The summed E-state index contributed by atoms with van der Waals surface area (Å²) < 4.78 is 20.1. The number of piperazine rings is 1. The molecule has 5 nitrogen and oxygen atoms in total. The van der Waals surface area contributed by atoms with Gasteiger partial charge in [-0.05, 0) is 18.2 Å². The molecule has 1 aromatic rings. The van der Waals surface area contributed by atoms with Crippen LogP contribution in [0, 0.1) is 5.82 Å². The minimum absolute atomic E-state index is 0.177. The van der Waals surface area contributed by atoms with Gasteiger partial charge in [0, 0.05) is 55.8 Å². The van der Waals surface area contributed by atoms with Crippen molar-refractivity contribution in [3.05, 3.63) is 34.1 Å². The molecule has 132 valence electrons. The highest BCUT2D eigenvalue weighted by atomic mass is 79.9. The molecule has 0 unspecified atom stereocenters. The largest absolute Gasteiger partial charge is 0.379 e. The van der Waals surface area contributed by atoms with Gasteiger partial charge < -0.3 is 9.64 Å². The van der Waals surface area contributed by atoms with Crippen molar-refractivity contribution in [2.45, 2.75) is 6.54 Å². The summed E-state index contributed by atoms with van der Waals surface area (Å²) in [6.45, 7) is 7.10. The van der Waals surface area contributed by atoms with Crippen molar-refractivity contribution in [1.82, 2.24) is 14.7 Å². The summed E-state index contributed by atoms with van der Waals surface area (Å²) in [5, 5.41) is 0. The van der Waals surface area contributed by atoms with E-state index in [9.17, 15) is 9.18 Å². The number of morpholine rings is 1. The Morgan fingerprint density at radius 3 is 2.50 bits per heavy atom. The van der Waals surface area contributed by atoms with Crippen LogP contribution in [-0.2, 0) is 16.1 Å². The van der Waals surface area contributed by atoms with E-state index in [-0.39, 0.29) is 11.7 Å². The van der Waals surface area contributed by atoms with E-state index < -0.39 is 0 Å². The van der Waals surface area contributed by atoms with E-state index in [1.807, 2.05) is 11.0 Å². The lowest BCUT2D eigenvalue weighted by atomic mass is 10.2. The maximum atomic E-state index is 13.9. The molecular weight excluding hydrogens is 377 g/mol. The van der Waals surface area contributed by atoms with Crippen LogP contribution >= 0.6 is 15.9 Å². The average Bonchev–Trinajstić information content (AvgIpc) is 2.60. The molecule has 0 N–H and O–H groups in total. The van der Waals surface area contributed by atoms with Gasteiger partial charge in [0.1, 0.15) is 5.82 Å². The third-order valence-corrected chi connectivity index (χ3v) is 5.08. The topological polar surface area (TPSA) is 36.0 Å². The first-order valence-electron chi connectivity index (χ1n) is 8.36. The molecule has 2 aliphatic heterocycles. The van der Waals surface area contributed by atoms with Crippen LogP contribution in [0.15, 0.2) is 22.7 Å². The van der Waals surface area contributed by atoms with E-state index >= 15 is 0 Å². The van der Waals surface area contributed by atoms with Crippen LogP contribution in [0.2, 0.25) is 0 Å². The number of rotatable bonds is 4. The van der Waals surface area contributed by atoms with Gasteiger partial charge in [-0.1, -0.05) is 15.9 Å². The summed E-state index contributed by atoms with van der Waals surface area (Å²) in [7, 11) is 0. The van der Waals surface area contributed by atoms with Gasteiger partial charge in [-0.2, -0.15) is 0 Å². The number of carbonyl (C=O) groups excluding carboxylic acids is 1. The quantitative estimate of drug-likeness (QED) is 0.769. The second-order valence-electron chi connectivity index (χ2n) is 6.28. The highest BCUT2D eigenvalue weighted by Gasteiger charge is 2.24. The van der Waals surface area contributed by atoms with Crippen LogP contribution in [0.4, 0.5) is 4.39 Å². The van der Waals surface area contributed by atoms with Crippen LogP contribution in [-0.4, -0.2) is 79.6 Å². The lowest BCUT2D eigenvalue weighted by Gasteiger charge is -2.36. The molecule has 24 heavy (non-hydrogen) atoms. The zero-order valence-corrected chi connectivity index (χ0v) is 15.3. The highest BCUT2D eigenvalue weighted by Crippen LogP contribution is 2.18. The second-order valence-corrected chi connectivity index (χ2v) is 7.20. The lowest BCUT2D eigenvalue weighted by Crippen LogP contribution is -2.52. The summed E-state index contributed by atoms with van der Waals surface area (Å²) in [6.07, 6.45) is 0. The number of carbonyl (C=O) groups is 1. The van der Waals surface area contributed by atoms with Crippen molar-refractivity contribution in [3.63, 3.8) is 0 Å². The van der Waals surface area contributed by atoms with Crippen molar-refractivity contribution >= 4 is 21.8 Å². The first kappa shape index (κ1) is 17.8. The molecule has 0 aliphatic carbocycles. The second kappa shape index (κ2) is 8.38. The molecule has 0 bridgehead atoms. The van der Waals surface area contributed by atoms with Crippen LogP contribution in [0.5, 0.6) is 0 Å². The van der Waals surface area contributed by atoms with E-state index in [4.69, 9.17) is 4.74 Å². The zero-order chi connectivity index (χ0) is 16.9.